The Morgan fingerprint density at radius 2 is 1.58 bits per heavy atom. The van der Waals surface area contributed by atoms with Crippen molar-refractivity contribution < 1.29 is 4.79 Å². The number of ketones is 1. The minimum absolute atomic E-state index is 0.123. The molecule has 0 heterocycles. The maximum absolute atomic E-state index is 12.3. The average Bonchev–Trinajstić information content (AvgIpc) is 2.49. The minimum atomic E-state index is -0.123. The fourth-order valence-corrected chi connectivity index (χ4v) is 2.17. The van der Waals surface area contributed by atoms with Crippen molar-refractivity contribution in [1.82, 2.24) is 5.32 Å². The third-order valence-corrected chi connectivity index (χ3v) is 3.29. The smallest absolute Gasteiger partial charge is 0.179 e. The first-order chi connectivity index (χ1) is 9.31. The van der Waals surface area contributed by atoms with Crippen molar-refractivity contribution in [2.45, 2.75) is 18.9 Å². The van der Waals surface area contributed by atoms with Gasteiger partial charge in [-0.05, 0) is 25.5 Å². The monoisotopic (exact) mass is 253 g/mol. The standard InChI is InChI=1S/C17H19NO/c1-18-16(13-12-14-8-4-2-5-9-14)17(19)15-10-6-3-7-11-15/h2-11,16,18H,12-13H2,1H3. The van der Waals surface area contributed by atoms with Gasteiger partial charge >= 0.3 is 0 Å². The van der Waals surface area contributed by atoms with Gasteiger partial charge in [0.25, 0.3) is 0 Å². The highest BCUT2D eigenvalue weighted by Gasteiger charge is 2.17. The molecule has 1 N–H and O–H groups in total. The minimum Gasteiger partial charge on any atom is -0.310 e. The highest BCUT2D eigenvalue weighted by molar-refractivity contribution is 6.00. The zero-order valence-electron chi connectivity index (χ0n) is 11.2. The van der Waals surface area contributed by atoms with Gasteiger partial charge in [-0.3, -0.25) is 4.79 Å². The Morgan fingerprint density at radius 1 is 1.00 bits per heavy atom. The molecule has 0 aromatic heterocycles. The molecule has 0 radical (unpaired) electrons. The van der Waals surface area contributed by atoms with Crippen LogP contribution in [-0.4, -0.2) is 18.9 Å². The first-order valence-corrected chi connectivity index (χ1v) is 6.61. The number of hydrogen-bond donors (Lipinski definition) is 1. The van der Waals surface area contributed by atoms with E-state index in [2.05, 4.69) is 17.4 Å². The predicted octanol–water partition coefficient (Wildman–Crippen LogP) is 3.09. The van der Waals surface area contributed by atoms with Crippen molar-refractivity contribution in [3.05, 3.63) is 71.8 Å². The molecule has 98 valence electrons. The number of benzene rings is 2. The Balaban J connectivity index is 1.99. The summed E-state index contributed by atoms with van der Waals surface area (Å²) in [5.74, 6) is 0.166. The van der Waals surface area contributed by atoms with Gasteiger partial charge in [-0.15, -0.1) is 0 Å². The number of carbonyl (C=O) groups is 1. The van der Waals surface area contributed by atoms with Crippen molar-refractivity contribution >= 4 is 5.78 Å². The SMILES string of the molecule is CNC(CCc1ccccc1)C(=O)c1ccccc1. The fraction of sp³-hybridized carbons (Fsp3) is 0.235. The molecule has 0 saturated carbocycles. The van der Waals surface area contributed by atoms with Crippen LogP contribution in [0, 0.1) is 0 Å². The highest BCUT2D eigenvalue weighted by atomic mass is 16.1. The van der Waals surface area contributed by atoms with Crippen molar-refractivity contribution in [1.29, 1.82) is 0 Å². The van der Waals surface area contributed by atoms with E-state index < -0.39 is 0 Å². The van der Waals surface area contributed by atoms with E-state index in [1.165, 1.54) is 5.56 Å². The summed E-state index contributed by atoms with van der Waals surface area (Å²) in [5.41, 5.74) is 2.04. The van der Waals surface area contributed by atoms with Gasteiger partial charge in [-0.1, -0.05) is 60.7 Å². The third kappa shape index (κ3) is 3.76. The van der Waals surface area contributed by atoms with Crippen LogP contribution in [0.4, 0.5) is 0 Å². The van der Waals surface area contributed by atoms with Gasteiger partial charge in [-0.25, -0.2) is 0 Å². The number of Topliss-reactive ketones (excluding diaryl/α,β-unsaturated/α-hetero) is 1. The highest BCUT2D eigenvalue weighted by Crippen LogP contribution is 2.10. The quantitative estimate of drug-likeness (QED) is 0.802. The molecule has 1 unspecified atom stereocenters. The molecule has 0 amide bonds. The molecule has 0 aliphatic rings. The van der Waals surface area contributed by atoms with Crippen LogP contribution >= 0.6 is 0 Å². The van der Waals surface area contributed by atoms with Crippen LogP contribution in [0.1, 0.15) is 22.3 Å². The van der Waals surface area contributed by atoms with E-state index in [1.807, 2.05) is 55.6 Å². The first kappa shape index (κ1) is 13.5. The Kier molecular flexibility index (Phi) is 4.87. The van der Waals surface area contributed by atoms with Crippen molar-refractivity contribution in [2.24, 2.45) is 0 Å². The van der Waals surface area contributed by atoms with Crippen molar-refractivity contribution in [3.8, 4) is 0 Å². The number of aryl methyl sites for hydroxylation is 1. The van der Waals surface area contributed by atoms with E-state index in [4.69, 9.17) is 0 Å². The molecule has 0 aliphatic heterocycles. The maximum atomic E-state index is 12.3. The second-order valence-electron chi connectivity index (χ2n) is 4.60. The normalized spacial score (nSPS) is 12.1. The van der Waals surface area contributed by atoms with E-state index in [9.17, 15) is 4.79 Å². The van der Waals surface area contributed by atoms with Crippen LogP contribution in [0.25, 0.3) is 0 Å². The van der Waals surface area contributed by atoms with E-state index >= 15 is 0 Å². The van der Waals surface area contributed by atoms with Gasteiger partial charge in [0.1, 0.15) is 0 Å². The van der Waals surface area contributed by atoms with E-state index in [0.29, 0.717) is 0 Å². The lowest BCUT2D eigenvalue weighted by Crippen LogP contribution is -2.34. The molecular formula is C17H19NO. The van der Waals surface area contributed by atoms with E-state index in [1.54, 1.807) is 0 Å². The van der Waals surface area contributed by atoms with Crippen LogP contribution in [-0.2, 0) is 6.42 Å². The van der Waals surface area contributed by atoms with Gasteiger partial charge in [-0.2, -0.15) is 0 Å². The second-order valence-corrected chi connectivity index (χ2v) is 4.60. The van der Waals surface area contributed by atoms with Gasteiger partial charge in [0.05, 0.1) is 6.04 Å². The molecule has 0 aliphatic carbocycles. The summed E-state index contributed by atoms with van der Waals surface area (Å²) in [7, 11) is 1.84. The zero-order chi connectivity index (χ0) is 13.5. The van der Waals surface area contributed by atoms with Crippen LogP contribution in [0.5, 0.6) is 0 Å². The number of likely N-dealkylation sites (N-methyl/N-ethyl adjacent to an activating group) is 1. The summed E-state index contributed by atoms with van der Waals surface area (Å²) in [6.45, 7) is 0. The van der Waals surface area contributed by atoms with Crippen molar-refractivity contribution in [3.63, 3.8) is 0 Å². The van der Waals surface area contributed by atoms with Crippen LogP contribution in [0.15, 0.2) is 60.7 Å². The molecule has 2 aromatic rings. The average molecular weight is 253 g/mol. The molecule has 2 rings (SSSR count). The molecule has 1 atom stereocenters. The number of hydrogen-bond acceptors (Lipinski definition) is 2. The molecule has 0 fully saturated rings. The number of nitrogens with one attached hydrogen (secondary N) is 1. The van der Waals surface area contributed by atoms with E-state index in [-0.39, 0.29) is 11.8 Å². The predicted molar refractivity (Wildman–Crippen MR) is 78.4 cm³/mol. The zero-order valence-corrected chi connectivity index (χ0v) is 11.2. The summed E-state index contributed by atoms with van der Waals surface area (Å²) < 4.78 is 0. The first-order valence-electron chi connectivity index (χ1n) is 6.61. The topological polar surface area (TPSA) is 29.1 Å². The molecular weight excluding hydrogens is 234 g/mol. The van der Waals surface area contributed by atoms with Crippen LogP contribution < -0.4 is 5.32 Å². The third-order valence-electron chi connectivity index (χ3n) is 3.29. The molecule has 2 heteroatoms. The summed E-state index contributed by atoms with van der Waals surface area (Å²) >= 11 is 0. The molecule has 2 nitrogen and oxygen atoms in total. The molecule has 19 heavy (non-hydrogen) atoms. The Hall–Kier alpha value is -1.93. The number of carbonyl (C=O) groups excluding carboxylic acids is 1. The Morgan fingerprint density at radius 3 is 2.16 bits per heavy atom. The fourth-order valence-electron chi connectivity index (χ4n) is 2.17. The Bertz CT molecular complexity index is 507. The molecule has 2 aromatic carbocycles. The summed E-state index contributed by atoms with van der Waals surface area (Å²) in [5, 5.41) is 3.12. The van der Waals surface area contributed by atoms with Gasteiger partial charge in [0, 0.05) is 5.56 Å². The molecule has 0 saturated heterocycles. The Labute approximate surface area is 114 Å². The number of rotatable bonds is 6. The second kappa shape index (κ2) is 6.86. The molecule has 0 bridgehead atoms. The van der Waals surface area contributed by atoms with Gasteiger partial charge in [0.2, 0.25) is 0 Å². The van der Waals surface area contributed by atoms with Crippen LogP contribution in [0.3, 0.4) is 0 Å². The lowest BCUT2D eigenvalue weighted by atomic mass is 9.98. The lowest BCUT2D eigenvalue weighted by Gasteiger charge is -2.15. The van der Waals surface area contributed by atoms with Gasteiger partial charge in [0.15, 0.2) is 5.78 Å². The maximum Gasteiger partial charge on any atom is 0.179 e. The largest absolute Gasteiger partial charge is 0.310 e. The summed E-state index contributed by atoms with van der Waals surface area (Å²) in [6, 6.07) is 19.6. The molecule has 0 spiro atoms. The van der Waals surface area contributed by atoms with Crippen LogP contribution in [0.2, 0.25) is 0 Å². The summed E-state index contributed by atoms with van der Waals surface area (Å²) in [6.07, 6.45) is 1.72. The van der Waals surface area contributed by atoms with E-state index in [0.717, 1.165) is 18.4 Å². The lowest BCUT2D eigenvalue weighted by molar-refractivity contribution is 0.0942. The van der Waals surface area contributed by atoms with Gasteiger partial charge < -0.3 is 5.32 Å². The summed E-state index contributed by atoms with van der Waals surface area (Å²) in [4.78, 5) is 12.3. The van der Waals surface area contributed by atoms with Crippen molar-refractivity contribution in [2.75, 3.05) is 7.05 Å².